The Morgan fingerprint density at radius 2 is 1.81 bits per heavy atom. The first-order chi connectivity index (χ1) is 12.5. The number of anilines is 1. The summed E-state index contributed by atoms with van der Waals surface area (Å²) in [6.07, 6.45) is 2.04. The summed E-state index contributed by atoms with van der Waals surface area (Å²) < 4.78 is 5.49. The summed E-state index contributed by atoms with van der Waals surface area (Å²) in [5.41, 5.74) is 1.32. The van der Waals surface area contributed by atoms with Gasteiger partial charge in [0.05, 0.1) is 16.1 Å². The van der Waals surface area contributed by atoms with Gasteiger partial charge in [0.2, 0.25) is 0 Å². The summed E-state index contributed by atoms with van der Waals surface area (Å²) in [5, 5.41) is 6.34. The van der Waals surface area contributed by atoms with Crippen LogP contribution < -0.4 is 10.6 Å². The summed E-state index contributed by atoms with van der Waals surface area (Å²) in [5.74, 6) is -0.568. The number of ether oxygens (including phenoxy) is 1. The van der Waals surface area contributed by atoms with Crippen molar-refractivity contribution >= 4 is 40.7 Å². The van der Waals surface area contributed by atoms with Crippen LogP contribution in [0.25, 0.3) is 0 Å². The molecule has 1 fully saturated rings. The molecule has 1 saturated heterocycles. The largest absolute Gasteiger partial charge is 0.376 e. The smallest absolute Gasteiger partial charge is 0.255 e. The molecule has 3 rings (SSSR count). The SMILES string of the molecule is O=C(NCC1CCCO1)c1cccc(C(=O)Nc2ccc(Cl)c(Cl)c2)c1. The fourth-order valence-corrected chi connectivity index (χ4v) is 2.99. The molecule has 1 aliphatic heterocycles. The van der Waals surface area contributed by atoms with Gasteiger partial charge in [0, 0.05) is 30.0 Å². The van der Waals surface area contributed by atoms with E-state index in [0.717, 1.165) is 19.4 Å². The number of carbonyl (C=O) groups is 2. The lowest BCUT2D eigenvalue weighted by molar-refractivity contribution is 0.0858. The van der Waals surface area contributed by atoms with Crippen molar-refractivity contribution in [3.05, 3.63) is 63.6 Å². The molecule has 1 aliphatic rings. The van der Waals surface area contributed by atoms with E-state index in [1.165, 1.54) is 0 Å². The Labute approximate surface area is 161 Å². The zero-order valence-corrected chi connectivity index (χ0v) is 15.4. The highest BCUT2D eigenvalue weighted by Gasteiger charge is 2.17. The molecule has 0 aromatic heterocycles. The van der Waals surface area contributed by atoms with Crippen molar-refractivity contribution in [2.45, 2.75) is 18.9 Å². The lowest BCUT2D eigenvalue weighted by Gasteiger charge is -2.11. The van der Waals surface area contributed by atoms with Gasteiger partial charge in [-0.05, 0) is 49.2 Å². The Bertz CT molecular complexity index is 820. The molecule has 0 bridgehead atoms. The Kier molecular flexibility index (Phi) is 6.14. The first kappa shape index (κ1) is 18.7. The van der Waals surface area contributed by atoms with Crippen LogP contribution in [0.1, 0.15) is 33.6 Å². The number of amides is 2. The van der Waals surface area contributed by atoms with Crippen LogP contribution in [0, 0.1) is 0 Å². The first-order valence-corrected chi connectivity index (χ1v) is 9.05. The van der Waals surface area contributed by atoms with Gasteiger partial charge in [0.1, 0.15) is 0 Å². The number of hydrogen-bond acceptors (Lipinski definition) is 3. The van der Waals surface area contributed by atoms with E-state index in [0.29, 0.717) is 33.4 Å². The van der Waals surface area contributed by atoms with Gasteiger partial charge in [-0.15, -0.1) is 0 Å². The molecule has 2 aromatic carbocycles. The summed E-state index contributed by atoms with van der Waals surface area (Å²) in [6.45, 7) is 1.21. The van der Waals surface area contributed by atoms with E-state index in [4.69, 9.17) is 27.9 Å². The van der Waals surface area contributed by atoms with E-state index < -0.39 is 0 Å². The fourth-order valence-electron chi connectivity index (χ4n) is 2.69. The van der Waals surface area contributed by atoms with Crippen molar-refractivity contribution in [1.29, 1.82) is 0 Å². The third-order valence-electron chi connectivity index (χ3n) is 4.08. The minimum absolute atomic E-state index is 0.0695. The Balaban J connectivity index is 1.64. The quantitative estimate of drug-likeness (QED) is 0.802. The van der Waals surface area contributed by atoms with Gasteiger partial charge in [-0.2, -0.15) is 0 Å². The molecule has 2 N–H and O–H groups in total. The highest BCUT2D eigenvalue weighted by molar-refractivity contribution is 6.42. The molecule has 5 nitrogen and oxygen atoms in total. The molecular weight excluding hydrogens is 375 g/mol. The van der Waals surface area contributed by atoms with Gasteiger partial charge in [0.25, 0.3) is 11.8 Å². The van der Waals surface area contributed by atoms with Crippen molar-refractivity contribution in [2.24, 2.45) is 0 Å². The van der Waals surface area contributed by atoms with E-state index >= 15 is 0 Å². The van der Waals surface area contributed by atoms with E-state index in [1.807, 2.05) is 0 Å². The van der Waals surface area contributed by atoms with Gasteiger partial charge in [0.15, 0.2) is 0 Å². The van der Waals surface area contributed by atoms with Gasteiger partial charge in [-0.3, -0.25) is 9.59 Å². The first-order valence-electron chi connectivity index (χ1n) is 8.29. The van der Waals surface area contributed by atoms with Crippen LogP contribution in [0.5, 0.6) is 0 Å². The number of halogens is 2. The minimum atomic E-state index is -0.336. The van der Waals surface area contributed by atoms with Gasteiger partial charge >= 0.3 is 0 Å². The van der Waals surface area contributed by atoms with Gasteiger partial charge < -0.3 is 15.4 Å². The van der Waals surface area contributed by atoms with Crippen molar-refractivity contribution in [1.82, 2.24) is 5.32 Å². The molecule has 1 unspecified atom stereocenters. The Hall–Kier alpha value is -2.08. The molecule has 7 heteroatoms. The fraction of sp³-hybridized carbons (Fsp3) is 0.263. The van der Waals surface area contributed by atoms with Crippen LogP contribution in [0.15, 0.2) is 42.5 Å². The predicted molar refractivity (Wildman–Crippen MR) is 102 cm³/mol. The maximum Gasteiger partial charge on any atom is 0.255 e. The maximum atomic E-state index is 12.4. The molecular formula is C19H18Cl2N2O3. The van der Waals surface area contributed by atoms with Crippen molar-refractivity contribution in [3.8, 4) is 0 Å². The third kappa shape index (κ3) is 4.75. The lowest BCUT2D eigenvalue weighted by Crippen LogP contribution is -2.31. The molecule has 136 valence electrons. The molecule has 2 aromatic rings. The number of nitrogens with one attached hydrogen (secondary N) is 2. The molecule has 1 atom stereocenters. The average Bonchev–Trinajstić information content (AvgIpc) is 3.16. The summed E-state index contributed by atoms with van der Waals surface area (Å²) in [7, 11) is 0. The summed E-state index contributed by atoms with van der Waals surface area (Å²) in [4.78, 5) is 24.7. The normalized spacial score (nSPS) is 16.3. The van der Waals surface area contributed by atoms with Crippen molar-refractivity contribution in [2.75, 3.05) is 18.5 Å². The van der Waals surface area contributed by atoms with E-state index in [-0.39, 0.29) is 17.9 Å². The molecule has 1 heterocycles. The number of hydrogen-bond donors (Lipinski definition) is 2. The average molecular weight is 393 g/mol. The van der Waals surface area contributed by atoms with Crippen molar-refractivity contribution < 1.29 is 14.3 Å². The number of carbonyl (C=O) groups excluding carboxylic acids is 2. The second-order valence-corrected chi connectivity index (χ2v) is 6.82. The molecule has 0 spiro atoms. The zero-order valence-electron chi connectivity index (χ0n) is 13.9. The number of rotatable bonds is 5. The van der Waals surface area contributed by atoms with Gasteiger partial charge in [-0.25, -0.2) is 0 Å². The maximum absolute atomic E-state index is 12.4. The van der Waals surface area contributed by atoms with Crippen LogP contribution in [0.3, 0.4) is 0 Å². The summed E-state index contributed by atoms with van der Waals surface area (Å²) in [6, 6.07) is 11.4. The molecule has 0 aliphatic carbocycles. The minimum Gasteiger partial charge on any atom is -0.376 e. The Morgan fingerprint density at radius 1 is 1.04 bits per heavy atom. The highest BCUT2D eigenvalue weighted by atomic mass is 35.5. The van der Waals surface area contributed by atoms with Crippen molar-refractivity contribution in [3.63, 3.8) is 0 Å². The summed E-state index contributed by atoms with van der Waals surface area (Å²) >= 11 is 11.8. The van der Waals surface area contributed by atoms with Gasteiger partial charge in [-0.1, -0.05) is 29.3 Å². The van der Waals surface area contributed by atoms with Crippen LogP contribution in [-0.2, 0) is 4.74 Å². The second kappa shape index (κ2) is 8.54. The molecule has 2 amide bonds. The zero-order chi connectivity index (χ0) is 18.5. The lowest BCUT2D eigenvalue weighted by atomic mass is 10.1. The van der Waals surface area contributed by atoms with E-state index in [1.54, 1.807) is 42.5 Å². The molecule has 0 radical (unpaired) electrons. The third-order valence-corrected chi connectivity index (χ3v) is 4.82. The molecule has 0 saturated carbocycles. The highest BCUT2D eigenvalue weighted by Crippen LogP contribution is 2.25. The Morgan fingerprint density at radius 3 is 2.50 bits per heavy atom. The van der Waals surface area contributed by atoms with Crippen LogP contribution in [0.4, 0.5) is 5.69 Å². The molecule has 26 heavy (non-hydrogen) atoms. The van der Waals surface area contributed by atoms with Crippen LogP contribution >= 0.6 is 23.2 Å². The predicted octanol–water partition coefficient (Wildman–Crippen LogP) is 4.15. The van der Waals surface area contributed by atoms with E-state index in [9.17, 15) is 9.59 Å². The standard InChI is InChI=1S/C19H18Cl2N2O3/c20-16-7-6-14(10-17(16)21)23-19(25)13-4-1-3-12(9-13)18(24)22-11-15-5-2-8-26-15/h1,3-4,6-7,9-10,15H,2,5,8,11H2,(H,22,24)(H,23,25). The number of benzene rings is 2. The van der Waals surface area contributed by atoms with Crippen LogP contribution in [-0.4, -0.2) is 31.1 Å². The monoisotopic (exact) mass is 392 g/mol. The van der Waals surface area contributed by atoms with E-state index in [2.05, 4.69) is 10.6 Å². The second-order valence-electron chi connectivity index (χ2n) is 6.01. The topological polar surface area (TPSA) is 67.4 Å². The van der Waals surface area contributed by atoms with Crippen LogP contribution in [0.2, 0.25) is 10.0 Å².